The Kier molecular flexibility index (Phi) is 4.08. The summed E-state index contributed by atoms with van der Waals surface area (Å²) < 4.78 is 0.654. The molecule has 0 aliphatic carbocycles. The summed E-state index contributed by atoms with van der Waals surface area (Å²) in [7, 11) is 0. The van der Waals surface area contributed by atoms with E-state index in [9.17, 15) is 10.1 Å². The average Bonchev–Trinajstić information content (AvgIpc) is 2.20. The van der Waals surface area contributed by atoms with Crippen LogP contribution in [0, 0.1) is 10.1 Å². The molecule has 0 fully saturated rings. The first-order valence-electron chi connectivity index (χ1n) is 4.09. The van der Waals surface area contributed by atoms with Crippen LogP contribution in [0.3, 0.4) is 0 Å². The molecule has 0 unspecified atom stereocenters. The summed E-state index contributed by atoms with van der Waals surface area (Å²) in [6.07, 6.45) is 0.369. The standard InChI is InChI=1S/C8H7BrN4O2/c9-7-2-1-6(3-4-11-12-10)8(5-7)13(14)15/h1-2,5H,3-4H2. The summed E-state index contributed by atoms with van der Waals surface area (Å²) >= 11 is 3.16. The first-order valence-corrected chi connectivity index (χ1v) is 4.88. The number of benzene rings is 1. The predicted molar refractivity (Wildman–Crippen MR) is 58.5 cm³/mol. The van der Waals surface area contributed by atoms with E-state index in [1.165, 1.54) is 6.07 Å². The van der Waals surface area contributed by atoms with Crippen LogP contribution in [-0.4, -0.2) is 11.5 Å². The van der Waals surface area contributed by atoms with Crippen molar-refractivity contribution in [3.8, 4) is 0 Å². The van der Waals surface area contributed by atoms with Gasteiger partial charge < -0.3 is 0 Å². The third-order valence-corrected chi connectivity index (χ3v) is 2.28. The van der Waals surface area contributed by atoms with Gasteiger partial charge in [0.05, 0.1) is 4.92 Å². The van der Waals surface area contributed by atoms with Crippen LogP contribution in [0.4, 0.5) is 5.69 Å². The van der Waals surface area contributed by atoms with Gasteiger partial charge in [-0.25, -0.2) is 0 Å². The van der Waals surface area contributed by atoms with Crippen molar-refractivity contribution < 1.29 is 4.92 Å². The highest BCUT2D eigenvalue weighted by Gasteiger charge is 2.12. The number of rotatable bonds is 4. The maximum atomic E-state index is 10.7. The summed E-state index contributed by atoms with van der Waals surface area (Å²) in [6, 6.07) is 4.80. The zero-order chi connectivity index (χ0) is 11.3. The summed E-state index contributed by atoms with van der Waals surface area (Å²) in [5, 5.41) is 14.0. The van der Waals surface area contributed by atoms with Gasteiger partial charge in [0, 0.05) is 27.6 Å². The van der Waals surface area contributed by atoms with E-state index in [0.29, 0.717) is 16.5 Å². The van der Waals surface area contributed by atoms with Crippen molar-refractivity contribution in [2.24, 2.45) is 5.11 Å². The zero-order valence-corrected chi connectivity index (χ0v) is 9.22. The molecule has 78 valence electrons. The molecule has 0 saturated heterocycles. The number of nitrogens with zero attached hydrogens (tertiary/aromatic N) is 4. The van der Waals surface area contributed by atoms with Crippen molar-refractivity contribution in [1.82, 2.24) is 0 Å². The Morgan fingerprint density at radius 2 is 2.33 bits per heavy atom. The van der Waals surface area contributed by atoms with Crippen LogP contribution in [0.15, 0.2) is 27.8 Å². The molecule has 1 aromatic rings. The summed E-state index contributed by atoms with van der Waals surface area (Å²) in [6.45, 7) is 0.221. The van der Waals surface area contributed by atoms with Gasteiger partial charge in [-0.3, -0.25) is 10.1 Å². The van der Waals surface area contributed by atoms with Crippen molar-refractivity contribution in [2.45, 2.75) is 6.42 Å². The highest BCUT2D eigenvalue weighted by molar-refractivity contribution is 9.10. The average molecular weight is 271 g/mol. The number of azide groups is 1. The van der Waals surface area contributed by atoms with E-state index in [4.69, 9.17) is 5.53 Å². The highest BCUT2D eigenvalue weighted by atomic mass is 79.9. The predicted octanol–water partition coefficient (Wildman–Crippen LogP) is 3.21. The number of nitro groups is 1. The van der Waals surface area contributed by atoms with Crippen LogP contribution in [0.2, 0.25) is 0 Å². The molecule has 1 aromatic carbocycles. The molecule has 0 heterocycles. The Hall–Kier alpha value is -1.59. The lowest BCUT2D eigenvalue weighted by atomic mass is 10.1. The number of hydrogen-bond acceptors (Lipinski definition) is 3. The minimum atomic E-state index is -0.448. The van der Waals surface area contributed by atoms with E-state index in [0.717, 1.165) is 0 Å². The van der Waals surface area contributed by atoms with Crippen molar-refractivity contribution in [1.29, 1.82) is 0 Å². The van der Waals surface area contributed by atoms with Crippen LogP contribution in [0.1, 0.15) is 5.56 Å². The molecule has 0 aromatic heterocycles. The molecule has 0 atom stereocenters. The topological polar surface area (TPSA) is 91.9 Å². The van der Waals surface area contributed by atoms with Gasteiger partial charge in [0.25, 0.3) is 5.69 Å². The van der Waals surface area contributed by atoms with Gasteiger partial charge in [-0.05, 0) is 18.0 Å². The minimum absolute atomic E-state index is 0.0394. The second-order valence-corrected chi connectivity index (χ2v) is 3.65. The smallest absolute Gasteiger partial charge is 0.258 e. The van der Waals surface area contributed by atoms with Crippen molar-refractivity contribution in [3.05, 3.63) is 48.8 Å². The number of halogens is 1. The largest absolute Gasteiger partial charge is 0.273 e. The Bertz CT molecular complexity index is 429. The van der Waals surface area contributed by atoms with E-state index < -0.39 is 4.92 Å². The zero-order valence-electron chi connectivity index (χ0n) is 7.63. The van der Waals surface area contributed by atoms with Gasteiger partial charge in [0.2, 0.25) is 0 Å². The van der Waals surface area contributed by atoms with Crippen LogP contribution >= 0.6 is 15.9 Å². The maximum Gasteiger partial charge on any atom is 0.273 e. The lowest BCUT2D eigenvalue weighted by Gasteiger charge is -2.00. The van der Waals surface area contributed by atoms with Crippen LogP contribution in [-0.2, 0) is 6.42 Å². The molecule has 0 spiro atoms. The molecule has 7 heteroatoms. The van der Waals surface area contributed by atoms with Crippen LogP contribution in [0.25, 0.3) is 10.4 Å². The van der Waals surface area contributed by atoms with Gasteiger partial charge in [0.1, 0.15) is 0 Å². The number of hydrogen-bond donors (Lipinski definition) is 0. The molecule has 0 aliphatic heterocycles. The van der Waals surface area contributed by atoms with E-state index in [2.05, 4.69) is 26.0 Å². The molecule has 0 radical (unpaired) electrons. The molecular weight excluding hydrogens is 264 g/mol. The van der Waals surface area contributed by atoms with E-state index in [1.54, 1.807) is 12.1 Å². The van der Waals surface area contributed by atoms with Crippen molar-refractivity contribution >= 4 is 21.6 Å². The van der Waals surface area contributed by atoms with E-state index >= 15 is 0 Å². The van der Waals surface area contributed by atoms with Gasteiger partial charge >= 0.3 is 0 Å². The molecular formula is C8H7BrN4O2. The Morgan fingerprint density at radius 3 is 2.93 bits per heavy atom. The Balaban J connectivity index is 2.95. The summed E-state index contributed by atoms with van der Waals surface area (Å²) in [5.41, 5.74) is 8.69. The monoisotopic (exact) mass is 270 g/mol. The lowest BCUT2D eigenvalue weighted by Crippen LogP contribution is -1.97. The fraction of sp³-hybridized carbons (Fsp3) is 0.250. The van der Waals surface area contributed by atoms with Crippen molar-refractivity contribution in [3.63, 3.8) is 0 Å². The number of nitro benzene ring substituents is 1. The van der Waals surface area contributed by atoms with Crippen LogP contribution < -0.4 is 0 Å². The van der Waals surface area contributed by atoms with Crippen molar-refractivity contribution in [2.75, 3.05) is 6.54 Å². The second kappa shape index (κ2) is 5.33. The quantitative estimate of drug-likeness (QED) is 0.276. The molecule has 1 rings (SSSR count). The summed E-state index contributed by atoms with van der Waals surface area (Å²) in [5.74, 6) is 0. The lowest BCUT2D eigenvalue weighted by molar-refractivity contribution is -0.385. The highest BCUT2D eigenvalue weighted by Crippen LogP contribution is 2.23. The molecule has 15 heavy (non-hydrogen) atoms. The van der Waals surface area contributed by atoms with Crippen LogP contribution in [0.5, 0.6) is 0 Å². The van der Waals surface area contributed by atoms with Gasteiger partial charge in [0.15, 0.2) is 0 Å². The third kappa shape index (κ3) is 3.23. The molecule has 0 amide bonds. The summed E-state index contributed by atoms with van der Waals surface area (Å²) in [4.78, 5) is 12.8. The molecule has 6 nitrogen and oxygen atoms in total. The second-order valence-electron chi connectivity index (χ2n) is 2.73. The van der Waals surface area contributed by atoms with E-state index in [-0.39, 0.29) is 12.2 Å². The third-order valence-electron chi connectivity index (χ3n) is 1.79. The van der Waals surface area contributed by atoms with Gasteiger partial charge in [-0.15, -0.1) is 0 Å². The minimum Gasteiger partial charge on any atom is -0.258 e. The Morgan fingerprint density at radius 1 is 1.60 bits per heavy atom. The molecule has 0 N–H and O–H groups in total. The van der Waals surface area contributed by atoms with Gasteiger partial charge in [-0.2, -0.15) is 0 Å². The normalized spacial score (nSPS) is 9.40. The van der Waals surface area contributed by atoms with E-state index in [1.807, 2.05) is 0 Å². The fourth-order valence-corrected chi connectivity index (χ4v) is 1.48. The first-order chi connectivity index (χ1) is 7.15. The SMILES string of the molecule is [N-]=[N+]=NCCc1ccc(Br)cc1[N+](=O)[O-]. The molecule has 0 aliphatic rings. The first kappa shape index (κ1) is 11.5. The fourth-order valence-electron chi connectivity index (χ4n) is 1.13. The molecule has 0 bridgehead atoms. The molecule has 0 saturated carbocycles. The maximum absolute atomic E-state index is 10.7. The van der Waals surface area contributed by atoms with Gasteiger partial charge in [-0.1, -0.05) is 27.1 Å². The Labute approximate surface area is 93.8 Å².